The van der Waals surface area contributed by atoms with Gasteiger partial charge in [-0.25, -0.2) is 0 Å². The van der Waals surface area contributed by atoms with Crippen LogP contribution in [0.2, 0.25) is 0 Å². The van der Waals surface area contributed by atoms with Gasteiger partial charge in [-0.1, -0.05) is 13.8 Å². The summed E-state index contributed by atoms with van der Waals surface area (Å²) in [6, 6.07) is 1.77. The summed E-state index contributed by atoms with van der Waals surface area (Å²) >= 11 is 1.37. The minimum Gasteiger partial charge on any atom is -0.480 e. The molecule has 2 aromatic heterocycles. The van der Waals surface area contributed by atoms with E-state index in [2.05, 4.69) is 18.9 Å². The van der Waals surface area contributed by atoms with Gasteiger partial charge in [0.05, 0.1) is 10.6 Å². The van der Waals surface area contributed by atoms with Crippen LogP contribution in [0.25, 0.3) is 10.2 Å². The minimum absolute atomic E-state index is 0.0924. The number of aryl methyl sites for hydroxylation is 1. The average Bonchev–Trinajstić information content (AvgIpc) is 3.13. The number of hydrogen-bond donors (Lipinski definition) is 1. The quantitative estimate of drug-likeness (QED) is 0.880. The molecular weight excluding hydrogens is 342 g/mol. The van der Waals surface area contributed by atoms with Gasteiger partial charge >= 0.3 is 5.97 Å². The summed E-state index contributed by atoms with van der Waals surface area (Å²) in [7, 11) is 1.87. The third-order valence-corrected chi connectivity index (χ3v) is 5.69. The summed E-state index contributed by atoms with van der Waals surface area (Å²) in [4.78, 5) is 27.3. The lowest BCUT2D eigenvalue weighted by atomic mass is 10.1. The number of hydrogen-bond acceptors (Lipinski definition) is 5. The first-order valence-corrected chi connectivity index (χ1v) is 9.27. The van der Waals surface area contributed by atoms with Crippen molar-refractivity contribution >= 4 is 33.4 Å². The highest BCUT2D eigenvalue weighted by molar-refractivity contribution is 7.20. The van der Waals surface area contributed by atoms with Crippen LogP contribution in [0.5, 0.6) is 0 Å². The molecule has 0 bridgehead atoms. The first-order valence-electron chi connectivity index (χ1n) is 8.45. The van der Waals surface area contributed by atoms with E-state index in [9.17, 15) is 14.7 Å². The highest BCUT2D eigenvalue weighted by Crippen LogP contribution is 2.32. The number of ether oxygens (including phenoxy) is 1. The van der Waals surface area contributed by atoms with Crippen molar-refractivity contribution in [1.29, 1.82) is 0 Å². The maximum Gasteiger partial charge on any atom is 0.323 e. The fraction of sp³-hybridized carbons (Fsp3) is 0.588. The van der Waals surface area contributed by atoms with Crippen molar-refractivity contribution in [3.05, 3.63) is 16.6 Å². The van der Waals surface area contributed by atoms with E-state index in [4.69, 9.17) is 4.74 Å². The Morgan fingerprint density at radius 2 is 2.12 bits per heavy atom. The van der Waals surface area contributed by atoms with Crippen molar-refractivity contribution in [2.45, 2.75) is 38.6 Å². The molecule has 2 aromatic rings. The van der Waals surface area contributed by atoms with Crippen LogP contribution in [0.15, 0.2) is 6.07 Å². The normalized spacial score (nSPS) is 15.8. The highest BCUT2D eigenvalue weighted by atomic mass is 32.1. The maximum absolute atomic E-state index is 13.0. The molecule has 0 spiro atoms. The molecule has 25 heavy (non-hydrogen) atoms. The molecule has 136 valence electrons. The van der Waals surface area contributed by atoms with Crippen molar-refractivity contribution in [1.82, 2.24) is 14.7 Å². The van der Waals surface area contributed by atoms with Crippen LogP contribution in [0.3, 0.4) is 0 Å². The molecule has 0 radical (unpaired) electrons. The zero-order chi connectivity index (χ0) is 18.1. The lowest BCUT2D eigenvalue weighted by Crippen LogP contribution is -2.45. The number of rotatable bonds is 5. The van der Waals surface area contributed by atoms with Gasteiger partial charge in [-0.2, -0.15) is 5.10 Å². The number of carbonyl (C=O) groups is 2. The van der Waals surface area contributed by atoms with Crippen molar-refractivity contribution < 1.29 is 19.4 Å². The van der Waals surface area contributed by atoms with E-state index in [1.165, 1.54) is 16.2 Å². The number of carbonyl (C=O) groups excluding carboxylic acids is 1. The zero-order valence-electron chi connectivity index (χ0n) is 14.7. The molecule has 1 amide bonds. The summed E-state index contributed by atoms with van der Waals surface area (Å²) in [6.07, 6.45) is 1.34. The van der Waals surface area contributed by atoms with E-state index >= 15 is 0 Å². The van der Waals surface area contributed by atoms with Gasteiger partial charge in [-0.3, -0.25) is 14.3 Å². The SMILES string of the molecule is CC(C)c1nn(C)c2sc(C(=O)N(CC(=O)O)C3CCOCC3)cc12. The number of fused-ring (bicyclic) bond motifs is 1. The summed E-state index contributed by atoms with van der Waals surface area (Å²) < 4.78 is 7.13. The second kappa shape index (κ2) is 7.13. The molecule has 0 atom stereocenters. The molecule has 0 aliphatic carbocycles. The summed E-state index contributed by atoms with van der Waals surface area (Å²) in [5.41, 5.74) is 0.962. The van der Waals surface area contributed by atoms with Crippen LogP contribution in [-0.4, -0.2) is 57.5 Å². The average molecular weight is 365 g/mol. The lowest BCUT2D eigenvalue weighted by Gasteiger charge is -2.32. The summed E-state index contributed by atoms with van der Waals surface area (Å²) in [5.74, 6) is -0.956. The molecule has 1 saturated heterocycles. The molecule has 7 nitrogen and oxygen atoms in total. The van der Waals surface area contributed by atoms with Crippen molar-refractivity contribution in [3.8, 4) is 0 Å². The maximum atomic E-state index is 13.0. The number of amides is 1. The van der Waals surface area contributed by atoms with Gasteiger partial charge < -0.3 is 14.7 Å². The topological polar surface area (TPSA) is 84.7 Å². The molecular formula is C17H23N3O4S. The Bertz CT molecular complexity index is 789. The molecule has 3 rings (SSSR count). The Morgan fingerprint density at radius 1 is 1.44 bits per heavy atom. The van der Waals surface area contributed by atoms with Crippen LogP contribution >= 0.6 is 11.3 Å². The largest absolute Gasteiger partial charge is 0.480 e. The molecule has 1 fully saturated rings. The fourth-order valence-electron chi connectivity index (χ4n) is 3.25. The van der Waals surface area contributed by atoms with Crippen molar-refractivity contribution in [2.75, 3.05) is 19.8 Å². The number of thiophene rings is 1. The number of carboxylic acid groups (broad SMARTS) is 1. The first kappa shape index (κ1) is 17.9. The number of nitrogens with zero attached hydrogens (tertiary/aromatic N) is 3. The summed E-state index contributed by atoms with van der Waals surface area (Å²) in [5, 5.41) is 14.7. The van der Waals surface area contributed by atoms with Crippen molar-refractivity contribution in [2.24, 2.45) is 7.05 Å². The van der Waals surface area contributed by atoms with E-state index < -0.39 is 5.97 Å². The van der Waals surface area contributed by atoms with E-state index in [0.29, 0.717) is 30.9 Å². The van der Waals surface area contributed by atoms with E-state index in [1.54, 1.807) is 4.68 Å². The fourth-order valence-corrected chi connectivity index (χ4v) is 4.28. The van der Waals surface area contributed by atoms with Gasteiger partial charge in [0.15, 0.2) is 0 Å². The first-order chi connectivity index (χ1) is 11.9. The third-order valence-electron chi connectivity index (χ3n) is 4.50. The number of aliphatic carboxylic acids is 1. The van der Waals surface area contributed by atoms with E-state index in [1.807, 2.05) is 13.1 Å². The zero-order valence-corrected chi connectivity index (χ0v) is 15.5. The van der Waals surface area contributed by atoms with Crippen LogP contribution in [0.1, 0.15) is 48.0 Å². The Morgan fingerprint density at radius 3 is 2.72 bits per heavy atom. The van der Waals surface area contributed by atoms with Crippen molar-refractivity contribution in [3.63, 3.8) is 0 Å². The molecule has 1 aliphatic heterocycles. The van der Waals surface area contributed by atoms with Crippen LogP contribution in [-0.2, 0) is 16.6 Å². The summed E-state index contributed by atoms with van der Waals surface area (Å²) in [6.45, 7) is 4.97. The second-order valence-corrected chi connectivity index (χ2v) is 7.69. The molecule has 1 aliphatic rings. The Hall–Kier alpha value is -1.93. The monoisotopic (exact) mass is 365 g/mol. The molecule has 0 saturated carbocycles. The molecule has 0 aromatic carbocycles. The van der Waals surface area contributed by atoms with Gasteiger partial charge in [-0.05, 0) is 24.8 Å². The van der Waals surface area contributed by atoms with E-state index in [-0.39, 0.29) is 24.4 Å². The predicted octanol–water partition coefficient (Wildman–Crippen LogP) is 2.46. The Labute approximate surface area is 150 Å². The van der Waals surface area contributed by atoms with E-state index in [0.717, 1.165) is 15.9 Å². The minimum atomic E-state index is -0.995. The lowest BCUT2D eigenvalue weighted by molar-refractivity contribution is -0.138. The van der Waals surface area contributed by atoms with Crippen LogP contribution in [0, 0.1) is 0 Å². The molecule has 3 heterocycles. The standard InChI is InChI=1S/C17H23N3O4S/c1-10(2)15-12-8-13(25-17(12)19(3)18-15)16(23)20(9-14(21)22)11-4-6-24-7-5-11/h8,10-11H,4-7,9H2,1-3H3,(H,21,22). The van der Waals surface area contributed by atoms with Crippen LogP contribution in [0.4, 0.5) is 0 Å². The van der Waals surface area contributed by atoms with Gasteiger partial charge in [0.1, 0.15) is 11.4 Å². The second-order valence-electron chi connectivity index (χ2n) is 6.66. The Kier molecular flexibility index (Phi) is 5.10. The predicted molar refractivity (Wildman–Crippen MR) is 95.2 cm³/mol. The Balaban J connectivity index is 1.94. The van der Waals surface area contributed by atoms with Gasteiger partial charge in [0.2, 0.25) is 0 Å². The van der Waals surface area contributed by atoms with Crippen LogP contribution < -0.4 is 0 Å². The highest BCUT2D eigenvalue weighted by Gasteiger charge is 2.30. The number of aromatic nitrogens is 2. The number of carboxylic acids is 1. The smallest absolute Gasteiger partial charge is 0.323 e. The third kappa shape index (κ3) is 3.55. The van der Waals surface area contributed by atoms with Gasteiger partial charge in [0, 0.05) is 31.7 Å². The van der Waals surface area contributed by atoms with Gasteiger partial charge in [0.25, 0.3) is 5.91 Å². The molecule has 0 unspecified atom stereocenters. The van der Waals surface area contributed by atoms with Gasteiger partial charge in [-0.15, -0.1) is 11.3 Å². The molecule has 8 heteroatoms. The molecule has 1 N–H and O–H groups in total.